The van der Waals surface area contributed by atoms with Crippen LogP contribution in [0.2, 0.25) is 0 Å². The van der Waals surface area contributed by atoms with Gasteiger partial charge in [0, 0.05) is 0 Å². The molecule has 0 heterocycles. The summed E-state index contributed by atoms with van der Waals surface area (Å²) in [5.41, 5.74) is 0. The first-order valence-electron chi connectivity index (χ1n) is 14.2. The van der Waals surface area contributed by atoms with Crippen LogP contribution < -0.4 is 0 Å². The number of unbranched alkanes of at least 4 members (excludes halogenated alkanes) is 6. The first-order valence-corrected chi connectivity index (χ1v) is 15.6. The molecule has 0 spiro atoms. The molecule has 0 aromatic heterocycles. The van der Waals surface area contributed by atoms with Crippen molar-refractivity contribution in [2.75, 3.05) is 13.2 Å². The lowest BCUT2D eigenvalue weighted by Crippen LogP contribution is -2.18. The maximum atomic E-state index is 12.1. The van der Waals surface area contributed by atoms with E-state index in [1.165, 1.54) is 77.0 Å². The molecular formula is C28H58O4S. The van der Waals surface area contributed by atoms with Crippen LogP contribution in [0.5, 0.6) is 0 Å². The van der Waals surface area contributed by atoms with Crippen LogP contribution in [-0.2, 0) is 18.8 Å². The van der Waals surface area contributed by atoms with Gasteiger partial charge in [0.2, 0.25) is 0 Å². The molecule has 4 atom stereocenters. The lowest BCUT2D eigenvalue weighted by molar-refractivity contribution is 0.170. The molecule has 5 heteroatoms. The lowest BCUT2D eigenvalue weighted by atomic mass is 9.95. The molecule has 0 aromatic carbocycles. The molecule has 0 bridgehead atoms. The molecule has 0 aromatic rings. The Morgan fingerprint density at radius 2 is 0.758 bits per heavy atom. The van der Waals surface area contributed by atoms with Crippen molar-refractivity contribution in [2.45, 2.75) is 144 Å². The summed E-state index contributed by atoms with van der Waals surface area (Å²) in [6, 6.07) is 0. The summed E-state index contributed by atoms with van der Waals surface area (Å²) in [6.07, 6.45) is 19.9. The third kappa shape index (κ3) is 22.1. The van der Waals surface area contributed by atoms with Crippen molar-refractivity contribution in [3.8, 4) is 0 Å². The molecule has 0 saturated heterocycles. The van der Waals surface area contributed by atoms with E-state index in [-0.39, 0.29) is 25.0 Å². The van der Waals surface area contributed by atoms with Crippen molar-refractivity contribution in [3.05, 3.63) is 0 Å². The van der Waals surface area contributed by atoms with E-state index in [0.29, 0.717) is 0 Å². The van der Waals surface area contributed by atoms with Crippen LogP contribution in [0.3, 0.4) is 0 Å². The molecule has 0 rings (SSSR count). The van der Waals surface area contributed by atoms with E-state index in [1.54, 1.807) is 0 Å². The van der Waals surface area contributed by atoms with Crippen molar-refractivity contribution in [2.24, 2.45) is 23.7 Å². The van der Waals surface area contributed by atoms with Crippen LogP contribution in [0.25, 0.3) is 0 Å². The monoisotopic (exact) mass is 490 g/mol. The van der Waals surface area contributed by atoms with Crippen molar-refractivity contribution in [3.63, 3.8) is 0 Å². The Hall–Kier alpha value is -0.130. The minimum atomic E-state index is -3.89. The normalized spacial score (nSPS) is 15.9. The second-order valence-electron chi connectivity index (χ2n) is 11.0. The van der Waals surface area contributed by atoms with Gasteiger partial charge in [-0.3, -0.25) is 0 Å². The molecule has 200 valence electrons. The van der Waals surface area contributed by atoms with Gasteiger partial charge in [0.25, 0.3) is 0 Å². The zero-order valence-corrected chi connectivity index (χ0v) is 23.9. The summed E-state index contributed by atoms with van der Waals surface area (Å²) in [6.45, 7) is 13.8. The Labute approximate surface area is 208 Å². The Kier molecular flexibility index (Phi) is 21.1. The topological polar surface area (TPSA) is 52.6 Å². The minimum absolute atomic E-state index is 0.221. The molecule has 0 amide bonds. The van der Waals surface area contributed by atoms with Crippen LogP contribution in [0.1, 0.15) is 144 Å². The van der Waals surface area contributed by atoms with E-state index in [9.17, 15) is 8.42 Å². The van der Waals surface area contributed by atoms with Crippen LogP contribution in [0, 0.1) is 23.7 Å². The Balaban J connectivity index is 3.80. The van der Waals surface area contributed by atoms with Gasteiger partial charge in [-0.1, -0.05) is 131 Å². The Morgan fingerprint density at radius 1 is 0.485 bits per heavy atom. The summed E-state index contributed by atoms with van der Waals surface area (Å²) in [5, 5.41) is 0. The van der Waals surface area contributed by atoms with Crippen molar-refractivity contribution >= 4 is 10.4 Å². The van der Waals surface area contributed by atoms with Crippen molar-refractivity contribution in [1.29, 1.82) is 0 Å². The van der Waals surface area contributed by atoms with Crippen LogP contribution >= 0.6 is 0 Å². The molecule has 4 nitrogen and oxygen atoms in total. The molecule has 33 heavy (non-hydrogen) atoms. The maximum Gasteiger partial charge on any atom is 0.399 e. The smallest absolute Gasteiger partial charge is 0.248 e. The second-order valence-corrected chi connectivity index (χ2v) is 12.2. The lowest BCUT2D eigenvalue weighted by Gasteiger charge is -2.15. The van der Waals surface area contributed by atoms with E-state index in [1.807, 2.05) is 0 Å². The van der Waals surface area contributed by atoms with Gasteiger partial charge in [-0.05, 0) is 36.5 Å². The highest BCUT2D eigenvalue weighted by molar-refractivity contribution is 7.81. The zero-order valence-electron chi connectivity index (χ0n) is 23.1. The summed E-state index contributed by atoms with van der Waals surface area (Å²) in [5.74, 6) is 2.06. The highest BCUT2D eigenvalue weighted by atomic mass is 32.3. The van der Waals surface area contributed by atoms with E-state index >= 15 is 0 Å². The molecule has 0 fully saturated rings. The number of hydrogen-bond donors (Lipinski definition) is 0. The quantitative estimate of drug-likeness (QED) is 0.127. The van der Waals surface area contributed by atoms with E-state index < -0.39 is 10.4 Å². The van der Waals surface area contributed by atoms with Crippen molar-refractivity contribution in [1.82, 2.24) is 0 Å². The molecule has 0 radical (unpaired) electrons. The first kappa shape index (κ1) is 32.9. The standard InChI is InChI=1S/C28H58O4S/c1-7-9-11-17-25(3)19-13-15-21-27(5)23-31-33(29,30)32-24-28(6)22-16-14-20-26(4)18-12-10-8-2/h25-28H,7-24H2,1-6H3. The van der Waals surface area contributed by atoms with Gasteiger partial charge in [0.05, 0.1) is 13.2 Å². The molecule has 0 aliphatic rings. The summed E-state index contributed by atoms with van der Waals surface area (Å²) in [4.78, 5) is 0. The number of hydrogen-bond acceptors (Lipinski definition) is 4. The molecule has 4 unspecified atom stereocenters. The van der Waals surface area contributed by atoms with Crippen LogP contribution in [0.4, 0.5) is 0 Å². The van der Waals surface area contributed by atoms with Gasteiger partial charge in [-0.15, -0.1) is 0 Å². The third-order valence-electron chi connectivity index (χ3n) is 6.88. The summed E-state index contributed by atoms with van der Waals surface area (Å²) in [7, 11) is -3.89. The first-order chi connectivity index (χ1) is 15.7. The predicted molar refractivity (Wildman–Crippen MR) is 143 cm³/mol. The fourth-order valence-electron chi connectivity index (χ4n) is 4.35. The molecule has 0 aliphatic carbocycles. The summed E-state index contributed by atoms with van der Waals surface area (Å²) >= 11 is 0. The molecular weight excluding hydrogens is 432 g/mol. The zero-order chi connectivity index (χ0) is 25.0. The molecule has 0 saturated carbocycles. The van der Waals surface area contributed by atoms with Crippen LogP contribution in [-0.4, -0.2) is 21.6 Å². The average Bonchev–Trinajstić information content (AvgIpc) is 2.77. The average molecular weight is 491 g/mol. The molecule has 0 aliphatic heterocycles. The Bertz CT molecular complexity index is 480. The second kappa shape index (κ2) is 21.2. The van der Waals surface area contributed by atoms with Gasteiger partial charge >= 0.3 is 10.4 Å². The van der Waals surface area contributed by atoms with Gasteiger partial charge in [0.15, 0.2) is 0 Å². The molecule has 0 N–H and O–H groups in total. The van der Waals surface area contributed by atoms with Crippen LogP contribution in [0.15, 0.2) is 0 Å². The SMILES string of the molecule is CCCCCC(C)CCCCC(C)COS(=O)(=O)OCC(C)CCCCC(C)CCCCC. The maximum absolute atomic E-state index is 12.1. The number of rotatable bonds is 24. The third-order valence-corrected chi connectivity index (χ3v) is 7.73. The van der Waals surface area contributed by atoms with E-state index in [4.69, 9.17) is 8.37 Å². The highest BCUT2D eigenvalue weighted by Crippen LogP contribution is 2.20. The predicted octanol–water partition coefficient (Wildman–Crippen LogP) is 9.09. The Morgan fingerprint density at radius 3 is 1.06 bits per heavy atom. The van der Waals surface area contributed by atoms with Gasteiger partial charge < -0.3 is 0 Å². The van der Waals surface area contributed by atoms with Gasteiger partial charge in [-0.25, -0.2) is 8.37 Å². The minimum Gasteiger partial charge on any atom is -0.248 e. The van der Waals surface area contributed by atoms with Gasteiger partial charge in [-0.2, -0.15) is 8.42 Å². The summed E-state index contributed by atoms with van der Waals surface area (Å²) < 4.78 is 34.4. The fourth-order valence-corrected chi connectivity index (χ4v) is 5.21. The largest absolute Gasteiger partial charge is 0.399 e. The van der Waals surface area contributed by atoms with Crippen molar-refractivity contribution < 1.29 is 16.8 Å². The fraction of sp³-hybridized carbons (Fsp3) is 1.00. The van der Waals surface area contributed by atoms with E-state index in [0.717, 1.165) is 37.5 Å². The van der Waals surface area contributed by atoms with Gasteiger partial charge in [0.1, 0.15) is 0 Å². The highest BCUT2D eigenvalue weighted by Gasteiger charge is 2.16. The van der Waals surface area contributed by atoms with E-state index in [2.05, 4.69) is 41.5 Å².